The molecule has 0 unspecified atom stereocenters. The maximum atomic E-state index is 12.6. The molecule has 5 aromatic rings. The summed E-state index contributed by atoms with van der Waals surface area (Å²) in [4.78, 5) is 14.2. The largest absolute Gasteiger partial charge is 0.457 e. The van der Waals surface area contributed by atoms with E-state index in [-0.39, 0.29) is 5.91 Å². The van der Waals surface area contributed by atoms with Gasteiger partial charge in [-0.25, -0.2) is 0 Å². The summed E-state index contributed by atoms with van der Waals surface area (Å²) in [5, 5.41) is 12.8. The minimum atomic E-state index is -0.267. The van der Waals surface area contributed by atoms with Gasteiger partial charge in [0.1, 0.15) is 22.6 Å². The van der Waals surface area contributed by atoms with Gasteiger partial charge in [-0.15, -0.1) is 10.2 Å². The zero-order chi connectivity index (χ0) is 25.2. The van der Waals surface area contributed by atoms with Crippen LogP contribution >= 0.6 is 11.6 Å². The molecule has 0 spiro atoms. The lowest BCUT2D eigenvalue weighted by Gasteiger charge is -2.05. The van der Waals surface area contributed by atoms with Crippen LogP contribution in [-0.2, 0) is 11.2 Å². The molecule has 0 saturated heterocycles. The van der Waals surface area contributed by atoms with Crippen LogP contribution in [-0.4, -0.2) is 20.9 Å². The van der Waals surface area contributed by atoms with Crippen LogP contribution in [0.5, 0.6) is 0 Å². The average molecular weight is 497 g/mol. The number of fused-ring (bicyclic) bond motifs is 1. The molecule has 3 aromatic carbocycles. The molecule has 0 radical (unpaired) electrons. The van der Waals surface area contributed by atoms with Gasteiger partial charge in [0.25, 0.3) is 0 Å². The standard InChI is InChI=1S/C29H25ClN4O2/c1-4-20-6-9-22(10-7-20)34-32-26-15-19(3)25(17-27(26)33-34)31-29(35)14-12-23-11-13-28(36-23)21-8-5-18(2)24(30)16-21/h5-17H,4H2,1-3H3,(H,31,35)/b14-12+. The van der Waals surface area contributed by atoms with Crippen molar-refractivity contribution < 1.29 is 9.21 Å². The van der Waals surface area contributed by atoms with Crippen molar-refractivity contribution in [1.82, 2.24) is 15.0 Å². The van der Waals surface area contributed by atoms with E-state index in [0.29, 0.717) is 27.7 Å². The highest BCUT2D eigenvalue weighted by Crippen LogP contribution is 2.27. The van der Waals surface area contributed by atoms with Gasteiger partial charge in [-0.2, -0.15) is 4.80 Å². The molecule has 6 nitrogen and oxygen atoms in total. The fraction of sp³-hybridized carbons (Fsp3) is 0.138. The second-order valence-corrected chi connectivity index (χ2v) is 9.06. The van der Waals surface area contributed by atoms with E-state index in [2.05, 4.69) is 34.6 Å². The summed E-state index contributed by atoms with van der Waals surface area (Å²) < 4.78 is 5.86. The van der Waals surface area contributed by atoms with E-state index in [4.69, 9.17) is 16.0 Å². The number of anilines is 1. The molecule has 7 heteroatoms. The van der Waals surface area contributed by atoms with E-state index in [0.717, 1.165) is 34.3 Å². The molecule has 1 N–H and O–H groups in total. The number of hydrogen-bond acceptors (Lipinski definition) is 4. The molecular weight excluding hydrogens is 472 g/mol. The van der Waals surface area contributed by atoms with E-state index in [1.807, 2.05) is 68.4 Å². The van der Waals surface area contributed by atoms with Crippen molar-refractivity contribution in [2.75, 3.05) is 5.32 Å². The quantitative estimate of drug-likeness (QED) is 0.253. The van der Waals surface area contributed by atoms with E-state index in [9.17, 15) is 4.79 Å². The van der Waals surface area contributed by atoms with E-state index in [1.54, 1.807) is 10.9 Å². The van der Waals surface area contributed by atoms with Crippen molar-refractivity contribution in [2.45, 2.75) is 27.2 Å². The SMILES string of the molecule is CCc1ccc(-n2nc3cc(C)c(NC(=O)/C=C/c4ccc(-c5ccc(C)c(Cl)c5)o4)cc3n2)cc1. The number of aryl methyl sites for hydroxylation is 3. The highest BCUT2D eigenvalue weighted by Gasteiger charge is 2.11. The smallest absolute Gasteiger partial charge is 0.248 e. The van der Waals surface area contributed by atoms with Crippen molar-refractivity contribution in [2.24, 2.45) is 0 Å². The van der Waals surface area contributed by atoms with Crippen LogP contribution in [0.4, 0.5) is 5.69 Å². The van der Waals surface area contributed by atoms with Crippen LogP contribution in [0.3, 0.4) is 0 Å². The lowest BCUT2D eigenvalue weighted by molar-refractivity contribution is -0.111. The van der Waals surface area contributed by atoms with E-state index < -0.39 is 0 Å². The molecule has 2 aromatic heterocycles. The highest BCUT2D eigenvalue weighted by atomic mass is 35.5. The van der Waals surface area contributed by atoms with Gasteiger partial charge < -0.3 is 9.73 Å². The Morgan fingerprint density at radius 3 is 2.44 bits per heavy atom. The Morgan fingerprint density at radius 2 is 1.72 bits per heavy atom. The summed E-state index contributed by atoms with van der Waals surface area (Å²) in [6.07, 6.45) is 4.06. The van der Waals surface area contributed by atoms with Gasteiger partial charge in [-0.1, -0.05) is 42.8 Å². The number of aromatic nitrogens is 3. The Bertz CT molecular complexity index is 1600. The zero-order valence-electron chi connectivity index (χ0n) is 20.2. The third kappa shape index (κ3) is 4.95. The van der Waals surface area contributed by atoms with Gasteiger partial charge in [-0.3, -0.25) is 4.79 Å². The summed E-state index contributed by atoms with van der Waals surface area (Å²) in [6, 6.07) is 21.4. The predicted molar refractivity (Wildman–Crippen MR) is 145 cm³/mol. The molecule has 2 heterocycles. The molecule has 0 aliphatic rings. The van der Waals surface area contributed by atoms with E-state index >= 15 is 0 Å². The zero-order valence-corrected chi connectivity index (χ0v) is 21.0. The van der Waals surface area contributed by atoms with Crippen LogP contribution < -0.4 is 5.32 Å². The predicted octanol–water partition coefficient (Wildman–Crippen LogP) is 7.17. The Kier molecular flexibility index (Phi) is 6.44. The Morgan fingerprint density at radius 1 is 0.972 bits per heavy atom. The Labute approximate surface area is 214 Å². The van der Waals surface area contributed by atoms with Gasteiger partial charge in [0.2, 0.25) is 5.91 Å². The number of furan rings is 1. The lowest BCUT2D eigenvalue weighted by Crippen LogP contribution is -2.08. The molecule has 0 saturated carbocycles. The molecular formula is C29H25ClN4O2. The third-order valence-electron chi connectivity index (χ3n) is 6.04. The van der Waals surface area contributed by atoms with Gasteiger partial charge >= 0.3 is 0 Å². The van der Waals surface area contributed by atoms with Crippen LogP contribution in [0.25, 0.3) is 34.1 Å². The molecule has 36 heavy (non-hydrogen) atoms. The van der Waals surface area contributed by atoms with Crippen LogP contribution in [0.15, 0.2) is 77.2 Å². The minimum absolute atomic E-state index is 0.267. The number of hydrogen-bond donors (Lipinski definition) is 1. The van der Waals surface area contributed by atoms with Gasteiger partial charge in [0, 0.05) is 22.3 Å². The normalized spacial score (nSPS) is 11.4. The van der Waals surface area contributed by atoms with Crippen LogP contribution in [0, 0.1) is 13.8 Å². The van der Waals surface area contributed by atoms with Gasteiger partial charge in [0.15, 0.2) is 0 Å². The topological polar surface area (TPSA) is 73.0 Å². The summed E-state index contributed by atoms with van der Waals surface area (Å²) in [6.45, 7) is 6.00. The number of halogens is 1. The second-order valence-electron chi connectivity index (χ2n) is 8.65. The first-order valence-corrected chi connectivity index (χ1v) is 12.1. The first-order valence-electron chi connectivity index (χ1n) is 11.7. The Hall–Kier alpha value is -4.16. The van der Waals surface area contributed by atoms with Gasteiger partial charge in [0.05, 0.1) is 5.69 Å². The minimum Gasteiger partial charge on any atom is -0.457 e. The number of amides is 1. The monoisotopic (exact) mass is 496 g/mol. The lowest BCUT2D eigenvalue weighted by atomic mass is 10.1. The number of nitrogens with zero attached hydrogens (tertiary/aromatic N) is 3. The molecule has 0 aliphatic carbocycles. The van der Waals surface area contributed by atoms with Crippen molar-refractivity contribution in [3.8, 4) is 17.0 Å². The molecule has 0 fully saturated rings. The second kappa shape index (κ2) is 9.84. The molecule has 5 rings (SSSR count). The molecule has 1 amide bonds. The molecule has 0 bridgehead atoms. The van der Waals surface area contributed by atoms with E-state index in [1.165, 1.54) is 11.6 Å². The van der Waals surface area contributed by atoms with Crippen LogP contribution in [0.2, 0.25) is 5.02 Å². The summed E-state index contributed by atoms with van der Waals surface area (Å²) >= 11 is 6.22. The first kappa shape index (κ1) is 23.6. The molecule has 180 valence electrons. The number of carbonyl (C=O) groups excluding carboxylic acids is 1. The van der Waals surface area contributed by atoms with Crippen LogP contribution in [0.1, 0.15) is 29.4 Å². The van der Waals surface area contributed by atoms with Crippen molar-refractivity contribution in [1.29, 1.82) is 0 Å². The Balaban J connectivity index is 1.30. The average Bonchev–Trinajstić information content (AvgIpc) is 3.52. The molecule has 0 aliphatic heterocycles. The number of nitrogens with one attached hydrogen (secondary N) is 1. The molecule has 0 atom stereocenters. The summed E-state index contributed by atoms with van der Waals surface area (Å²) in [7, 11) is 0. The summed E-state index contributed by atoms with van der Waals surface area (Å²) in [5.74, 6) is 0.989. The summed E-state index contributed by atoms with van der Waals surface area (Å²) in [5.41, 5.74) is 7.08. The maximum Gasteiger partial charge on any atom is 0.248 e. The first-order chi connectivity index (χ1) is 17.4. The fourth-order valence-corrected chi connectivity index (χ4v) is 4.04. The van der Waals surface area contributed by atoms with Gasteiger partial charge in [-0.05, 0) is 85.5 Å². The third-order valence-corrected chi connectivity index (χ3v) is 6.45. The van der Waals surface area contributed by atoms with Crippen molar-refractivity contribution >= 4 is 40.3 Å². The highest BCUT2D eigenvalue weighted by molar-refractivity contribution is 6.31. The van der Waals surface area contributed by atoms with Crippen molar-refractivity contribution in [3.63, 3.8) is 0 Å². The van der Waals surface area contributed by atoms with Crippen molar-refractivity contribution in [3.05, 3.63) is 100 Å². The number of carbonyl (C=O) groups is 1. The fourth-order valence-electron chi connectivity index (χ4n) is 3.86. The number of rotatable bonds is 6. The number of benzene rings is 3. The maximum absolute atomic E-state index is 12.6.